The summed E-state index contributed by atoms with van der Waals surface area (Å²) in [6.07, 6.45) is -0.155. The molecule has 0 spiro atoms. The fraction of sp³-hybridized carbons (Fsp3) is 0.400. The van der Waals surface area contributed by atoms with Crippen molar-refractivity contribution in [1.82, 2.24) is 5.43 Å². The topological polar surface area (TPSA) is 47.3 Å². The van der Waals surface area contributed by atoms with Crippen LogP contribution in [0.5, 0.6) is 5.75 Å². The summed E-state index contributed by atoms with van der Waals surface area (Å²) in [5.74, 6) is 5.96. The Bertz CT molecular complexity index is 201. The molecule has 0 aliphatic heterocycles. The van der Waals surface area contributed by atoms with Gasteiger partial charge in [0.2, 0.25) is 0 Å². The number of hydrogen-bond acceptors (Lipinski definition) is 3. The number of rotatable bonds is 3. The molecular weight excluding hydrogens is 164 g/mol. The fourth-order valence-electron chi connectivity index (χ4n) is 0.737. The van der Waals surface area contributed by atoms with Gasteiger partial charge in [0.25, 0.3) is 0 Å². The molecule has 74 valence electrons. The van der Waals surface area contributed by atoms with Crippen LogP contribution in [0.4, 0.5) is 0 Å². The number of nitrogens with one attached hydrogen (secondary N) is 1. The minimum absolute atomic E-state index is 0.155. The Morgan fingerprint density at radius 1 is 1.23 bits per heavy atom. The molecule has 0 aliphatic carbocycles. The highest BCUT2D eigenvalue weighted by Crippen LogP contribution is 2.08. The maximum atomic E-state index is 5.33. The number of ether oxygens (including phenoxy) is 1. The van der Waals surface area contributed by atoms with Crippen molar-refractivity contribution in [1.29, 1.82) is 0 Å². The van der Waals surface area contributed by atoms with Crippen LogP contribution in [-0.4, -0.2) is 6.23 Å². The van der Waals surface area contributed by atoms with Crippen molar-refractivity contribution in [3.8, 4) is 5.75 Å². The van der Waals surface area contributed by atoms with E-state index in [0.29, 0.717) is 0 Å². The second-order valence-electron chi connectivity index (χ2n) is 2.24. The highest BCUT2D eigenvalue weighted by molar-refractivity contribution is 5.20. The molecule has 1 aromatic carbocycles. The van der Waals surface area contributed by atoms with Crippen molar-refractivity contribution in [2.45, 2.75) is 27.0 Å². The summed E-state index contributed by atoms with van der Waals surface area (Å²) in [7, 11) is 0. The first kappa shape index (κ1) is 11.9. The lowest BCUT2D eigenvalue weighted by atomic mass is 10.3. The van der Waals surface area contributed by atoms with Gasteiger partial charge in [-0.05, 0) is 19.1 Å². The second kappa shape index (κ2) is 7.58. The average Bonchev–Trinajstić information content (AvgIpc) is 2.22. The van der Waals surface area contributed by atoms with Gasteiger partial charge in [-0.3, -0.25) is 5.84 Å². The third kappa shape index (κ3) is 5.22. The van der Waals surface area contributed by atoms with Gasteiger partial charge in [0.15, 0.2) is 6.23 Å². The molecule has 0 aliphatic rings. The van der Waals surface area contributed by atoms with Crippen molar-refractivity contribution in [2.24, 2.45) is 5.84 Å². The Hall–Kier alpha value is -1.06. The molecule has 0 aromatic heterocycles. The highest BCUT2D eigenvalue weighted by atomic mass is 16.5. The molecule has 0 bridgehead atoms. The molecule has 1 atom stereocenters. The van der Waals surface area contributed by atoms with E-state index in [0.717, 1.165) is 5.75 Å². The summed E-state index contributed by atoms with van der Waals surface area (Å²) in [6.45, 7) is 5.84. The van der Waals surface area contributed by atoms with Crippen LogP contribution in [0.3, 0.4) is 0 Å². The van der Waals surface area contributed by atoms with Gasteiger partial charge in [0.05, 0.1) is 0 Å². The lowest BCUT2D eigenvalue weighted by Gasteiger charge is -2.12. The third-order valence-electron chi connectivity index (χ3n) is 1.29. The van der Waals surface area contributed by atoms with Crippen LogP contribution in [0.2, 0.25) is 0 Å². The van der Waals surface area contributed by atoms with E-state index >= 15 is 0 Å². The van der Waals surface area contributed by atoms with Gasteiger partial charge < -0.3 is 4.74 Å². The van der Waals surface area contributed by atoms with E-state index in [9.17, 15) is 0 Å². The van der Waals surface area contributed by atoms with Gasteiger partial charge in [-0.1, -0.05) is 32.0 Å². The van der Waals surface area contributed by atoms with E-state index in [1.54, 1.807) is 0 Å². The molecule has 3 N–H and O–H groups in total. The van der Waals surface area contributed by atoms with Crippen LogP contribution in [-0.2, 0) is 0 Å². The number of hydrogen-bond donors (Lipinski definition) is 2. The zero-order valence-electron chi connectivity index (χ0n) is 8.45. The molecule has 0 amide bonds. The van der Waals surface area contributed by atoms with Gasteiger partial charge in [0, 0.05) is 0 Å². The molecule has 1 aromatic rings. The van der Waals surface area contributed by atoms with E-state index in [4.69, 9.17) is 10.6 Å². The van der Waals surface area contributed by atoms with E-state index in [1.807, 2.05) is 51.1 Å². The zero-order chi connectivity index (χ0) is 10.1. The minimum Gasteiger partial charge on any atom is -0.474 e. The lowest BCUT2D eigenvalue weighted by molar-refractivity contribution is 0.184. The first-order chi connectivity index (χ1) is 6.33. The van der Waals surface area contributed by atoms with E-state index in [1.165, 1.54) is 0 Å². The normalized spacial score (nSPS) is 11.1. The predicted octanol–water partition coefficient (Wildman–Crippen LogP) is 1.90. The quantitative estimate of drug-likeness (QED) is 0.426. The summed E-state index contributed by atoms with van der Waals surface area (Å²) in [4.78, 5) is 0. The van der Waals surface area contributed by atoms with Crippen LogP contribution in [0.15, 0.2) is 30.3 Å². The molecule has 3 nitrogen and oxygen atoms in total. The first-order valence-corrected chi connectivity index (χ1v) is 4.51. The number of nitrogens with two attached hydrogens (primary N) is 1. The highest BCUT2D eigenvalue weighted by Gasteiger charge is 1.97. The van der Waals surface area contributed by atoms with E-state index < -0.39 is 0 Å². The molecule has 0 saturated carbocycles. The summed E-state index contributed by atoms with van der Waals surface area (Å²) >= 11 is 0. The number of para-hydroxylation sites is 1. The Kier molecular flexibility index (Phi) is 6.96. The Morgan fingerprint density at radius 2 is 1.77 bits per heavy atom. The molecule has 13 heavy (non-hydrogen) atoms. The van der Waals surface area contributed by atoms with Gasteiger partial charge in [-0.25, -0.2) is 5.43 Å². The molecule has 3 heteroatoms. The number of benzene rings is 1. The molecule has 0 radical (unpaired) electrons. The molecular formula is C10H18N2O. The zero-order valence-corrected chi connectivity index (χ0v) is 8.45. The maximum absolute atomic E-state index is 5.33. The maximum Gasteiger partial charge on any atom is 0.159 e. The van der Waals surface area contributed by atoms with Crippen molar-refractivity contribution in [3.05, 3.63) is 30.3 Å². The van der Waals surface area contributed by atoms with Crippen molar-refractivity contribution in [3.63, 3.8) is 0 Å². The largest absolute Gasteiger partial charge is 0.474 e. The molecule has 1 rings (SSSR count). The number of hydrazine groups is 1. The van der Waals surface area contributed by atoms with E-state index in [-0.39, 0.29) is 6.23 Å². The monoisotopic (exact) mass is 182 g/mol. The van der Waals surface area contributed by atoms with Crippen molar-refractivity contribution in [2.75, 3.05) is 0 Å². The summed E-state index contributed by atoms with van der Waals surface area (Å²) < 4.78 is 5.33. The predicted molar refractivity (Wildman–Crippen MR) is 55.2 cm³/mol. The van der Waals surface area contributed by atoms with Gasteiger partial charge in [-0.15, -0.1) is 0 Å². The molecule has 0 saturated heterocycles. The Morgan fingerprint density at radius 3 is 2.23 bits per heavy atom. The third-order valence-corrected chi connectivity index (χ3v) is 1.29. The SMILES string of the molecule is CC.CC(NN)Oc1ccccc1. The van der Waals surface area contributed by atoms with Crippen LogP contribution in [0, 0.1) is 0 Å². The standard InChI is InChI=1S/C8H12N2O.C2H6/c1-7(10-9)11-8-5-3-2-4-6-8;1-2/h2-7,10H,9H2,1H3;1-2H3. The van der Waals surface area contributed by atoms with Crippen LogP contribution >= 0.6 is 0 Å². The summed E-state index contributed by atoms with van der Waals surface area (Å²) in [5.41, 5.74) is 2.49. The molecule has 0 fully saturated rings. The Labute approximate surface area is 79.9 Å². The summed E-state index contributed by atoms with van der Waals surface area (Å²) in [5, 5.41) is 0. The summed E-state index contributed by atoms with van der Waals surface area (Å²) in [6, 6.07) is 9.53. The van der Waals surface area contributed by atoms with E-state index in [2.05, 4.69) is 5.43 Å². The molecule has 1 unspecified atom stereocenters. The van der Waals surface area contributed by atoms with Crippen LogP contribution in [0.1, 0.15) is 20.8 Å². The second-order valence-corrected chi connectivity index (χ2v) is 2.24. The lowest BCUT2D eigenvalue weighted by Crippen LogP contribution is -2.36. The minimum atomic E-state index is -0.155. The smallest absolute Gasteiger partial charge is 0.159 e. The Balaban J connectivity index is 0.000000671. The van der Waals surface area contributed by atoms with Gasteiger partial charge in [-0.2, -0.15) is 0 Å². The fourth-order valence-corrected chi connectivity index (χ4v) is 0.737. The first-order valence-electron chi connectivity index (χ1n) is 4.51. The average molecular weight is 182 g/mol. The molecule has 0 heterocycles. The van der Waals surface area contributed by atoms with Crippen molar-refractivity contribution < 1.29 is 4.74 Å². The van der Waals surface area contributed by atoms with Crippen LogP contribution in [0.25, 0.3) is 0 Å². The van der Waals surface area contributed by atoms with Crippen LogP contribution < -0.4 is 16.0 Å². The van der Waals surface area contributed by atoms with Gasteiger partial charge >= 0.3 is 0 Å². The van der Waals surface area contributed by atoms with Gasteiger partial charge in [0.1, 0.15) is 5.75 Å². The van der Waals surface area contributed by atoms with Crippen molar-refractivity contribution >= 4 is 0 Å².